The van der Waals surface area contributed by atoms with Crippen LogP contribution in [0.3, 0.4) is 0 Å². The third-order valence-corrected chi connectivity index (χ3v) is 5.21. The first kappa shape index (κ1) is 16.6. The van der Waals surface area contributed by atoms with Gasteiger partial charge in [0, 0.05) is 30.0 Å². The van der Waals surface area contributed by atoms with Gasteiger partial charge in [0.05, 0.1) is 18.7 Å². The van der Waals surface area contributed by atoms with Gasteiger partial charge in [0.2, 0.25) is 0 Å². The Morgan fingerprint density at radius 1 is 1.12 bits per heavy atom. The van der Waals surface area contributed by atoms with E-state index in [-0.39, 0.29) is 5.91 Å². The number of carbonyl (C=O) groups excluding carboxylic acids is 1. The Morgan fingerprint density at radius 3 is 2.80 bits per heavy atom. The number of aromatic nitrogens is 1. The molecule has 0 aliphatic carbocycles. The predicted molar refractivity (Wildman–Crippen MR) is 99.1 cm³/mol. The minimum atomic E-state index is -0.394. The number of amides is 1. The zero-order chi connectivity index (χ0) is 17.2. The molecule has 1 atom stereocenters. The molecule has 2 aromatic rings. The normalized spacial score (nSPS) is 21.6. The van der Waals surface area contributed by atoms with Gasteiger partial charge in [-0.05, 0) is 49.6 Å². The largest absolute Gasteiger partial charge is 0.365 e. The highest BCUT2D eigenvalue weighted by molar-refractivity contribution is 6.31. The van der Waals surface area contributed by atoms with E-state index in [4.69, 9.17) is 21.3 Å². The molecular weight excluding hydrogens is 338 g/mol. The molecule has 0 saturated carbocycles. The molecule has 2 saturated heterocycles. The van der Waals surface area contributed by atoms with Gasteiger partial charge in [-0.1, -0.05) is 11.6 Å². The number of rotatable bonds is 2. The number of morpholine rings is 1. The van der Waals surface area contributed by atoms with Crippen LogP contribution < -0.4 is 4.90 Å². The first-order chi connectivity index (χ1) is 12.2. The predicted octanol–water partition coefficient (Wildman–Crippen LogP) is 3.11. The number of ether oxygens (including phenoxy) is 1. The Morgan fingerprint density at radius 2 is 1.96 bits per heavy atom. The van der Waals surface area contributed by atoms with Crippen LogP contribution in [0.2, 0.25) is 5.02 Å². The third kappa shape index (κ3) is 3.58. The quantitative estimate of drug-likeness (QED) is 0.826. The van der Waals surface area contributed by atoms with Crippen LogP contribution in [0, 0.1) is 0 Å². The van der Waals surface area contributed by atoms with Crippen molar-refractivity contribution in [1.82, 2.24) is 9.88 Å². The number of halogens is 1. The summed E-state index contributed by atoms with van der Waals surface area (Å²) >= 11 is 6.04. The highest BCUT2D eigenvalue weighted by Crippen LogP contribution is 2.23. The fourth-order valence-electron chi connectivity index (χ4n) is 3.59. The fraction of sp³-hybridized carbons (Fsp3) is 0.474. The molecule has 0 radical (unpaired) electrons. The lowest BCUT2D eigenvalue weighted by molar-refractivity contribution is -0.145. The molecule has 1 amide bonds. The second-order valence-corrected chi connectivity index (χ2v) is 7.13. The monoisotopic (exact) mass is 359 g/mol. The number of benzene rings is 1. The third-order valence-electron chi connectivity index (χ3n) is 4.97. The molecule has 3 heterocycles. The Kier molecular flexibility index (Phi) is 4.77. The number of nitrogens with zero attached hydrogens (tertiary/aromatic N) is 3. The van der Waals surface area contributed by atoms with Gasteiger partial charge >= 0.3 is 0 Å². The topological polar surface area (TPSA) is 45.7 Å². The highest BCUT2D eigenvalue weighted by Gasteiger charge is 2.31. The zero-order valence-electron chi connectivity index (χ0n) is 14.2. The van der Waals surface area contributed by atoms with Gasteiger partial charge in [-0.15, -0.1) is 0 Å². The van der Waals surface area contributed by atoms with Crippen LogP contribution in [0.5, 0.6) is 0 Å². The fourth-order valence-corrected chi connectivity index (χ4v) is 3.77. The first-order valence-corrected chi connectivity index (χ1v) is 9.30. The summed E-state index contributed by atoms with van der Waals surface area (Å²) in [6.07, 6.45) is 3.01. The number of pyridine rings is 1. The Balaban J connectivity index is 1.50. The van der Waals surface area contributed by atoms with Crippen molar-refractivity contribution < 1.29 is 9.53 Å². The molecule has 2 aliphatic rings. The van der Waals surface area contributed by atoms with E-state index in [2.05, 4.69) is 4.90 Å². The highest BCUT2D eigenvalue weighted by atomic mass is 35.5. The van der Waals surface area contributed by atoms with Crippen LogP contribution in [0.15, 0.2) is 30.3 Å². The van der Waals surface area contributed by atoms with Crippen molar-refractivity contribution in [3.63, 3.8) is 0 Å². The number of likely N-dealkylation sites (tertiary alicyclic amines) is 1. The number of hydrogen-bond donors (Lipinski definition) is 0. The Bertz CT molecular complexity index is 776. The molecule has 0 N–H and O–H groups in total. The van der Waals surface area contributed by atoms with Gasteiger partial charge in [0.1, 0.15) is 5.82 Å². The van der Waals surface area contributed by atoms with E-state index in [0.29, 0.717) is 18.2 Å². The number of carbonyl (C=O) groups is 1. The van der Waals surface area contributed by atoms with Gasteiger partial charge in [0.25, 0.3) is 5.91 Å². The molecule has 1 aromatic carbocycles. The maximum atomic E-state index is 12.7. The van der Waals surface area contributed by atoms with Gasteiger partial charge in [-0.25, -0.2) is 4.98 Å². The van der Waals surface area contributed by atoms with Crippen LogP contribution in [0.4, 0.5) is 5.82 Å². The van der Waals surface area contributed by atoms with Crippen LogP contribution in [0.1, 0.15) is 19.3 Å². The molecule has 0 spiro atoms. The van der Waals surface area contributed by atoms with E-state index in [9.17, 15) is 4.79 Å². The van der Waals surface area contributed by atoms with Crippen LogP contribution in [-0.2, 0) is 9.53 Å². The Labute approximate surface area is 152 Å². The van der Waals surface area contributed by atoms with Crippen LogP contribution in [0.25, 0.3) is 10.9 Å². The lowest BCUT2D eigenvalue weighted by atomic mass is 10.1. The molecule has 2 fully saturated rings. The van der Waals surface area contributed by atoms with Crippen molar-refractivity contribution in [2.75, 3.05) is 37.7 Å². The second kappa shape index (κ2) is 7.18. The maximum Gasteiger partial charge on any atom is 0.253 e. The lowest BCUT2D eigenvalue weighted by Gasteiger charge is -2.36. The number of anilines is 1. The lowest BCUT2D eigenvalue weighted by Crippen LogP contribution is -2.52. The average Bonchev–Trinajstić information content (AvgIpc) is 2.68. The van der Waals surface area contributed by atoms with Crippen molar-refractivity contribution in [2.24, 2.45) is 0 Å². The van der Waals surface area contributed by atoms with E-state index in [1.807, 2.05) is 35.2 Å². The summed E-state index contributed by atoms with van der Waals surface area (Å²) in [6, 6.07) is 9.71. The van der Waals surface area contributed by atoms with E-state index >= 15 is 0 Å². The number of piperidine rings is 1. The molecule has 0 bridgehead atoms. The van der Waals surface area contributed by atoms with Crippen molar-refractivity contribution in [1.29, 1.82) is 0 Å². The van der Waals surface area contributed by atoms with Crippen LogP contribution in [-0.4, -0.2) is 54.7 Å². The zero-order valence-corrected chi connectivity index (χ0v) is 14.9. The maximum absolute atomic E-state index is 12.7. The van der Waals surface area contributed by atoms with Crippen molar-refractivity contribution in [2.45, 2.75) is 25.4 Å². The second-order valence-electron chi connectivity index (χ2n) is 6.70. The van der Waals surface area contributed by atoms with Gasteiger partial charge in [-0.3, -0.25) is 4.79 Å². The summed E-state index contributed by atoms with van der Waals surface area (Å²) in [5.41, 5.74) is 0.910. The van der Waals surface area contributed by atoms with E-state index in [1.54, 1.807) is 0 Å². The van der Waals surface area contributed by atoms with E-state index in [1.165, 1.54) is 6.42 Å². The summed E-state index contributed by atoms with van der Waals surface area (Å²) in [5, 5.41) is 1.73. The van der Waals surface area contributed by atoms with Crippen molar-refractivity contribution in [3.05, 3.63) is 35.4 Å². The minimum absolute atomic E-state index is 0.122. The summed E-state index contributed by atoms with van der Waals surface area (Å²) in [5.74, 6) is 1.01. The molecule has 6 heteroatoms. The summed E-state index contributed by atoms with van der Waals surface area (Å²) in [4.78, 5) is 21.5. The SMILES string of the molecule is O=C(C1CN(c2ccc3cc(Cl)ccc3n2)CCO1)N1CCCCC1. The minimum Gasteiger partial charge on any atom is -0.365 e. The molecule has 5 nitrogen and oxygen atoms in total. The van der Waals surface area contributed by atoms with Gasteiger partial charge in [-0.2, -0.15) is 0 Å². The molecule has 1 aromatic heterocycles. The van der Waals surface area contributed by atoms with E-state index < -0.39 is 6.10 Å². The van der Waals surface area contributed by atoms with Crippen LogP contribution >= 0.6 is 11.6 Å². The smallest absolute Gasteiger partial charge is 0.253 e. The summed E-state index contributed by atoms with van der Waals surface area (Å²) in [6.45, 7) is 3.56. The molecule has 4 rings (SSSR count). The number of fused-ring (bicyclic) bond motifs is 1. The standard InChI is InChI=1S/C19H22ClN3O2/c20-15-5-6-16-14(12-15)4-7-18(21-16)23-10-11-25-17(13-23)19(24)22-8-2-1-3-9-22/h4-7,12,17H,1-3,8-11,13H2. The molecule has 1 unspecified atom stereocenters. The summed E-state index contributed by atoms with van der Waals surface area (Å²) in [7, 11) is 0. The molecule has 25 heavy (non-hydrogen) atoms. The average molecular weight is 360 g/mol. The van der Waals surface area contributed by atoms with Crippen molar-refractivity contribution in [3.8, 4) is 0 Å². The summed E-state index contributed by atoms with van der Waals surface area (Å²) < 4.78 is 5.77. The molecule has 132 valence electrons. The number of hydrogen-bond acceptors (Lipinski definition) is 4. The first-order valence-electron chi connectivity index (χ1n) is 8.92. The van der Waals surface area contributed by atoms with E-state index in [0.717, 1.165) is 49.2 Å². The van der Waals surface area contributed by atoms with Gasteiger partial charge in [0.15, 0.2) is 6.10 Å². The van der Waals surface area contributed by atoms with Gasteiger partial charge < -0.3 is 14.5 Å². The Hall–Kier alpha value is -1.85. The molecular formula is C19H22ClN3O2. The molecule has 2 aliphatic heterocycles. The van der Waals surface area contributed by atoms with Crippen molar-refractivity contribution >= 4 is 34.2 Å².